The Morgan fingerprint density at radius 1 is 1.83 bits per heavy atom. The molecule has 0 amide bonds. The van der Waals surface area contributed by atoms with Gasteiger partial charge in [0.05, 0.1) is 9.30 Å². The molecule has 0 radical (unpaired) electrons. The number of halogens is 1. The normalized spacial score (nSPS) is 38.3. The molecule has 18 heavy (non-hydrogen) atoms. The van der Waals surface area contributed by atoms with Crippen molar-refractivity contribution in [3.05, 3.63) is 27.4 Å². The summed E-state index contributed by atoms with van der Waals surface area (Å²) in [6.07, 6.45) is -3.99. The Bertz CT molecular complexity index is 627. The lowest BCUT2D eigenvalue weighted by Gasteiger charge is -2.25. The van der Waals surface area contributed by atoms with E-state index in [4.69, 9.17) is 19.7 Å². The third kappa shape index (κ3) is 2.01. The third-order valence-corrected chi connectivity index (χ3v) is 3.17. The first-order valence-electron chi connectivity index (χ1n) is 6.11. The molecule has 100 valence electrons. The first-order chi connectivity index (χ1) is 9.05. The van der Waals surface area contributed by atoms with Crippen LogP contribution < -0.4 is 5.56 Å². The summed E-state index contributed by atoms with van der Waals surface area (Å²) in [6, 6.07) is 1.09. The van der Waals surface area contributed by atoms with E-state index in [2.05, 4.69) is 4.98 Å². The van der Waals surface area contributed by atoms with Gasteiger partial charge in [0, 0.05) is 12.3 Å². The summed E-state index contributed by atoms with van der Waals surface area (Å²) in [6.45, 7) is -1.92. The van der Waals surface area contributed by atoms with E-state index in [1.54, 1.807) is 0 Å². The molecule has 0 aromatic carbocycles. The summed E-state index contributed by atoms with van der Waals surface area (Å²) in [5.41, 5.74) is -2.89. The zero-order chi connectivity index (χ0) is 15.3. The second kappa shape index (κ2) is 4.54. The molecule has 1 aromatic rings. The molecule has 1 aliphatic rings. The molecule has 1 saturated heterocycles. The van der Waals surface area contributed by atoms with Gasteiger partial charge >= 0.3 is 0 Å². The first kappa shape index (κ1) is 10.8. The number of H-pyrrole nitrogens is 1. The monoisotopic (exact) mass is 278 g/mol. The average Bonchev–Trinajstić information content (AvgIpc) is 2.51. The molecule has 1 fully saturated rings. The van der Waals surface area contributed by atoms with Gasteiger partial charge in [0.2, 0.25) is 0 Å². The third-order valence-electron chi connectivity index (χ3n) is 2.85. The largest absolute Gasteiger partial charge is 0.394 e. The molecule has 0 bridgehead atoms. The van der Waals surface area contributed by atoms with Crippen LogP contribution in [0, 0.1) is 4.77 Å². The molecule has 2 rings (SSSR count). The molecular weight excluding hydrogens is 263 g/mol. The predicted octanol–water partition coefficient (Wildman–Crippen LogP) is -0.115. The van der Waals surface area contributed by atoms with E-state index in [-0.39, 0.29) is 4.77 Å². The zero-order valence-corrected chi connectivity index (χ0v) is 10.1. The Hall–Kier alpha value is -1.09. The number of aliphatic hydroxyl groups is 2. The van der Waals surface area contributed by atoms with Gasteiger partial charge in [-0.15, -0.1) is 0 Å². The van der Waals surface area contributed by atoms with E-state index < -0.39 is 36.2 Å². The molecule has 6 nitrogen and oxygen atoms in total. The van der Waals surface area contributed by atoms with Gasteiger partial charge in [-0.2, -0.15) is 0 Å². The highest BCUT2D eigenvalue weighted by atomic mass is 32.1. The molecule has 2 heterocycles. The molecule has 3 N–H and O–H groups in total. The van der Waals surface area contributed by atoms with Crippen molar-refractivity contribution < 1.29 is 22.1 Å². The lowest BCUT2D eigenvalue weighted by Crippen LogP contribution is -2.40. The number of hydrogen-bond acceptors (Lipinski definition) is 5. The maximum atomic E-state index is 14.6. The van der Waals surface area contributed by atoms with E-state index in [1.807, 2.05) is 0 Å². The van der Waals surface area contributed by atoms with Gasteiger partial charge < -0.3 is 14.9 Å². The molecule has 1 aromatic heterocycles. The van der Waals surface area contributed by atoms with Crippen LogP contribution in [0.4, 0.5) is 4.39 Å². The second-order valence-corrected chi connectivity index (χ2v) is 4.54. The quantitative estimate of drug-likeness (QED) is 0.657. The average molecular weight is 278 g/mol. The number of aromatic amines is 1. The summed E-state index contributed by atoms with van der Waals surface area (Å²) < 4.78 is 34.9. The van der Waals surface area contributed by atoms with Gasteiger partial charge in [0.15, 0.2) is 16.7 Å². The number of nitrogens with one attached hydrogen (secondary N) is 1. The number of ether oxygens (including phenoxy) is 1. The molecular formula is C10H13FN2O4S. The van der Waals surface area contributed by atoms with E-state index in [0.717, 1.165) is 17.6 Å². The number of nitrogens with zero attached hydrogens (tertiary/aromatic N) is 1. The maximum Gasteiger partial charge on any atom is 0.251 e. The Morgan fingerprint density at radius 2 is 2.50 bits per heavy atom. The minimum Gasteiger partial charge on any atom is -0.394 e. The fourth-order valence-electron chi connectivity index (χ4n) is 1.84. The zero-order valence-electron chi connectivity index (χ0n) is 11.3. The number of hydrogen-bond donors (Lipinski definition) is 3. The fraction of sp³-hybridized carbons (Fsp3) is 0.600. The van der Waals surface area contributed by atoms with Crippen LogP contribution in [0.3, 0.4) is 0 Å². The summed E-state index contributed by atoms with van der Waals surface area (Å²) in [7, 11) is 0. The van der Waals surface area contributed by atoms with Crippen LogP contribution in [0.5, 0.6) is 0 Å². The molecule has 4 atom stereocenters. The van der Waals surface area contributed by atoms with Crippen molar-refractivity contribution in [3.63, 3.8) is 0 Å². The van der Waals surface area contributed by atoms with Gasteiger partial charge in [-0.1, -0.05) is 0 Å². The second-order valence-electron chi connectivity index (χ2n) is 4.15. The van der Waals surface area contributed by atoms with Crippen LogP contribution in [0.1, 0.15) is 15.9 Å². The Morgan fingerprint density at radius 3 is 3.00 bits per heavy atom. The van der Waals surface area contributed by atoms with Crippen LogP contribution in [-0.4, -0.2) is 44.2 Å². The van der Waals surface area contributed by atoms with Crippen molar-refractivity contribution in [1.29, 1.82) is 0 Å². The molecule has 0 saturated carbocycles. The molecule has 0 aliphatic carbocycles. The van der Waals surface area contributed by atoms with Gasteiger partial charge in [0.25, 0.3) is 5.56 Å². The Labute approximate surface area is 109 Å². The van der Waals surface area contributed by atoms with Gasteiger partial charge in [-0.3, -0.25) is 14.3 Å². The number of aromatic nitrogens is 2. The van der Waals surface area contributed by atoms with E-state index in [1.165, 1.54) is 6.20 Å². The first-order valence-corrected chi connectivity index (χ1v) is 5.52. The van der Waals surface area contributed by atoms with Gasteiger partial charge in [0.1, 0.15) is 12.2 Å². The van der Waals surface area contributed by atoms with Crippen LogP contribution >= 0.6 is 12.2 Å². The fourth-order valence-corrected chi connectivity index (χ4v) is 2.10. The van der Waals surface area contributed by atoms with Crippen LogP contribution in [-0.2, 0) is 4.74 Å². The standard InChI is InChI=1S/C10H13FN2O4S/c1-10(11)7(16)5(4-14)17-8(10)13-3-2-6(15)12-9(13)18/h2-3,5,7-8,14,16H,4H2,1H3,(H,12,15,18)/t5-,7+,8-,10?/m1/s1/i4D2. The summed E-state index contributed by atoms with van der Waals surface area (Å²) >= 11 is 4.87. The van der Waals surface area contributed by atoms with E-state index >= 15 is 0 Å². The number of alkyl halides is 1. The van der Waals surface area contributed by atoms with Crippen molar-refractivity contribution in [2.75, 3.05) is 6.56 Å². The minimum absolute atomic E-state index is 0.141. The van der Waals surface area contributed by atoms with Crippen LogP contribution in [0.2, 0.25) is 0 Å². The lowest BCUT2D eigenvalue weighted by atomic mass is 9.99. The van der Waals surface area contributed by atoms with Crippen LogP contribution in [0.25, 0.3) is 0 Å². The van der Waals surface area contributed by atoms with E-state index in [0.29, 0.717) is 0 Å². The summed E-state index contributed by atoms with van der Waals surface area (Å²) in [4.78, 5) is 13.3. The van der Waals surface area contributed by atoms with Crippen molar-refractivity contribution in [2.45, 2.75) is 31.0 Å². The molecule has 1 unspecified atom stereocenters. The lowest BCUT2D eigenvalue weighted by molar-refractivity contribution is -0.0601. The highest BCUT2D eigenvalue weighted by molar-refractivity contribution is 7.71. The highest BCUT2D eigenvalue weighted by Crippen LogP contribution is 2.40. The van der Waals surface area contributed by atoms with Crippen LogP contribution in [0.15, 0.2) is 17.1 Å². The van der Waals surface area contributed by atoms with Gasteiger partial charge in [-0.25, -0.2) is 4.39 Å². The topological polar surface area (TPSA) is 87.5 Å². The van der Waals surface area contributed by atoms with Gasteiger partial charge in [-0.05, 0) is 19.1 Å². The highest BCUT2D eigenvalue weighted by Gasteiger charge is 2.54. The maximum absolute atomic E-state index is 14.6. The smallest absolute Gasteiger partial charge is 0.251 e. The molecule has 8 heteroatoms. The summed E-state index contributed by atoms with van der Waals surface area (Å²) in [5, 5.41) is 19.1. The van der Waals surface area contributed by atoms with Crippen molar-refractivity contribution in [1.82, 2.24) is 9.55 Å². The summed E-state index contributed by atoms with van der Waals surface area (Å²) in [5.74, 6) is 0. The Balaban J connectivity index is 2.47. The molecule has 1 aliphatic heterocycles. The molecule has 0 spiro atoms. The van der Waals surface area contributed by atoms with Crippen molar-refractivity contribution in [3.8, 4) is 0 Å². The number of aliphatic hydroxyl groups excluding tert-OH is 1. The SMILES string of the molecule is [2H]C([2H])(O)[C@H]1O[C@@H](n2ccc(=O)[nH]c2=S)C(C)(F)[C@H]1O. The minimum atomic E-state index is -2.92. The number of rotatable bonds is 2. The predicted molar refractivity (Wildman–Crippen MR) is 62.4 cm³/mol. The van der Waals surface area contributed by atoms with E-state index in [9.17, 15) is 19.4 Å². The van der Waals surface area contributed by atoms with Crippen molar-refractivity contribution >= 4 is 12.2 Å². The Kier molecular flexibility index (Phi) is 2.72. The van der Waals surface area contributed by atoms with Crippen molar-refractivity contribution in [2.24, 2.45) is 0 Å².